The molecule has 3 fully saturated rings. The van der Waals surface area contributed by atoms with Crippen LogP contribution in [0.3, 0.4) is 0 Å². The number of hydrogen-bond acceptors (Lipinski definition) is 5. The van der Waals surface area contributed by atoms with E-state index in [1.165, 1.54) is 4.90 Å². The number of rotatable bonds is 1. The monoisotopic (exact) mass is 309 g/mol. The lowest BCUT2D eigenvalue weighted by atomic mass is 9.88. The Morgan fingerprint density at radius 2 is 1.91 bits per heavy atom. The smallest absolute Gasteiger partial charge is 0.418 e. The number of likely N-dealkylation sites (tertiary alicyclic amines) is 1. The fourth-order valence-electron chi connectivity index (χ4n) is 3.92. The minimum Gasteiger partial charge on any atom is -0.431 e. The average Bonchev–Trinajstić information content (AvgIpc) is 2.70. The fourth-order valence-corrected chi connectivity index (χ4v) is 3.92. The van der Waals surface area contributed by atoms with E-state index >= 15 is 0 Å². The van der Waals surface area contributed by atoms with E-state index in [0.717, 1.165) is 38.9 Å². The highest BCUT2D eigenvalue weighted by molar-refractivity contribution is 6.03. The van der Waals surface area contributed by atoms with Crippen LogP contribution in [0.2, 0.25) is 0 Å². The van der Waals surface area contributed by atoms with Crippen LogP contribution < -0.4 is 5.32 Å². The van der Waals surface area contributed by atoms with E-state index in [-0.39, 0.29) is 5.91 Å². The number of amides is 2. The van der Waals surface area contributed by atoms with Gasteiger partial charge in [0.15, 0.2) is 0 Å². The van der Waals surface area contributed by atoms with Gasteiger partial charge < -0.3 is 10.1 Å². The van der Waals surface area contributed by atoms with Gasteiger partial charge >= 0.3 is 6.09 Å². The third-order valence-electron chi connectivity index (χ3n) is 5.04. The minimum absolute atomic E-state index is 0.149. The van der Waals surface area contributed by atoms with Crippen molar-refractivity contribution in [1.29, 1.82) is 0 Å². The van der Waals surface area contributed by atoms with Gasteiger partial charge in [-0.1, -0.05) is 0 Å². The van der Waals surface area contributed by atoms with Crippen molar-refractivity contribution < 1.29 is 14.3 Å². The van der Waals surface area contributed by atoms with Gasteiger partial charge in [-0.15, -0.1) is 0 Å². The second kappa shape index (κ2) is 5.49. The van der Waals surface area contributed by atoms with E-state index in [1.807, 2.05) is 20.8 Å². The fraction of sp³-hybridized carbons (Fsp3) is 0.875. The Hall–Kier alpha value is -1.14. The predicted octanol–water partition coefficient (Wildman–Crippen LogP) is 1.35. The summed E-state index contributed by atoms with van der Waals surface area (Å²) in [6.45, 7) is 9.21. The van der Waals surface area contributed by atoms with Crippen LogP contribution in [0.25, 0.3) is 0 Å². The van der Waals surface area contributed by atoms with Gasteiger partial charge in [-0.25, -0.2) is 9.69 Å². The maximum atomic E-state index is 12.9. The summed E-state index contributed by atoms with van der Waals surface area (Å²) in [5.41, 5.74) is -1.48. The molecule has 3 saturated heterocycles. The number of carbonyl (C=O) groups is 2. The van der Waals surface area contributed by atoms with Crippen molar-refractivity contribution in [3.05, 3.63) is 0 Å². The molecular weight excluding hydrogens is 282 g/mol. The van der Waals surface area contributed by atoms with Gasteiger partial charge in [0.2, 0.25) is 5.60 Å². The zero-order valence-electron chi connectivity index (χ0n) is 13.9. The summed E-state index contributed by atoms with van der Waals surface area (Å²) in [5, 5.41) is 3.37. The highest BCUT2D eigenvalue weighted by Crippen LogP contribution is 2.37. The van der Waals surface area contributed by atoms with Crippen molar-refractivity contribution in [2.24, 2.45) is 0 Å². The van der Waals surface area contributed by atoms with E-state index in [0.29, 0.717) is 19.0 Å². The van der Waals surface area contributed by atoms with E-state index in [1.54, 1.807) is 0 Å². The third kappa shape index (κ3) is 2.63. The molecule has 1 N–H and O–H groups in total. The summed E-state index contributed by atoms with van der Waals surface area (Å²) in [6.07, 6.45) is 3.26. The zero-order valence-corrected chi connectivity index (χ0v) is 13.9. The molecule has 0 radical (unpaired) electrons. The summed E-state index contributed by atoms with van der Waals surface area (Å²) in [4.78, 5) is 28.8. The zero-order chi connectivity index (χ0) is 16.0. The summed E-state index contributed by atoms with van der Waals surface area (Å²) in [7, 11) is 0. The molecule has 0 saturated carbocycles. The molecular formula is C16H27N3O3. The largest absolute Gasteiger partial charge is 0.431 e. The minimum atomic E-state index is -0.951. The standard InChI is InChI=1S/C16H27N3O3/c1-15(2,3)19-13(20)16(22-14(19)21)7-4-10-18(11-16)12-5-8-17-9-6-12/h12,17H,4-11H2,1-3H3. The number of ether oxygens (including phenoxy) is 1. The quantitative estimate of drug-likeness (QED) is 0.792. The van der Waals surface area contributed by atoms with Gasteiger partial charge in [-0.05, 0) is 66.1 Å². The number of carbonyl (C=O) groups excluding carboxylic acids is 2. The Labute approximate surface area is 132 Å². The first-order valence-corrected chi connectivity index (χ1v) is 8.36. The van der Waals surface area contributed by atoms with Crippen molar-refractivity contribution >= 4 is 12.0 Å². The molecule has 1 atom stereocenters. The number of nitrogens with zero attached hydrogens (tertiary/aromatic N) is 2. The lowest BCUT2D eigenvalue weighted by Gasteiger charge is -2.42. The molecule has 1 spiro atoms. The highest BCUT2D eigenvalue weighted by Gasteiger charge is 2.58. The lowest BCUT2D eigenvalue weighted by molar-refractivity contribution is -0.144. The summed E-state index contributed by atoms with van der Waals surface area (Å²) in [6, 6.07) is 0.494. The SMILES string of the molecule is CC(C)(C)N1C(=O)OC2(CCCN(C3CCNCC3)C2)C1=O. The van der Waals surface area contributed by atoms with Crippen molar-refractivity contribution in [2.75, 3.05) is 26.2 Å². The average molecular weight is 309 g/mol. The van der Waals surface area contributed by atoms with Crippen LogP contribution in [-0.2, 0) is 9.53 Å². The van der Waals surface area contributed by atoms with Gasteiger partial charge in [0.1, 0.15) is 0 Å². The Morgan fingerprint density at radius 3 is 2.50 bits per heavy atom. The van der Waals surface area contributed by atoms with E-state index < -0.39 is 17.2 Å². The first kappa shape index (κ1) is 15.7. The molecule has 3 aliphatic rings. The maximum Gasteiger partial charge on any atom is 0.418 e. The molecule has 6 nitrogen and oxygen atoms in total. The van der Waals surface area contributed by atoms with Crippen LogP contribution in [0, 0.1) is 0 Å². The van der Waals surface area contributed by atoms with Gasteiger partial charge in [-0.3, -0.25) is 9.69 Å². The second-order valence-electron chi connectivity index (χ2n) is 7.73. The van der Waals surface area contributed by atoms with Crippen molar-refractivity contribution in [3.8, 4) is 0 Å². The molecule has 3 aliphatic heterocycles. The first-order chi connectivity index (χ1) is 10.3. The van der Waals surface area contributed by atoms with E-state index in [9.17, 15) is 9.59 Å². The molecule has 22 heavy (non-hydrogen) atoms. The number of nitrogens with one attached hydrogen (secondary N) is 1. The molecule has 0 aromatic heterocycles. The highest BCUT2D eigenvalue weighted by atomic mass is 16.6. The van der Waals surface area contributed by atoms with Crippen LogP contribution in [0.5, 0.6) is 0 Å². The molecule has 0 aromatic rings. The normalized spacial score (nSPS) is 31.9. The Kier molecular flexibility index (Phi) is 3.93. The molecule has 1 unspecified atom stereocenters. The van der Waals surface area contributed by atoms with Crippen molar-refractivity contribution in [2.45, 2.75) is 63.6 Å². The molecule has 0 aromatic carbocycles. The van der Waals surface area contributed by atoms with Crippen LogP contribution in [0.1, 0.15) is 46.5 Å². The Balaban J connectivity index is 1.78. The van der Waals surface area contributed by atoms with Gasteiger partial charge in [0.05, 0.1) is 0 Å². The van der Waals surface area contributed by atoms with E-state index in [2.05, 4.69) is 10.2 Å². The molecule has 124 valence electrons. The van der Waals surface area contributed by atoms with Crippen LogP contribution in [0.15, 0.2) is 0 Å². The molecule has 0 bridgehead atoms. The Morgan fingerprint density at radius 1 is 1.23 bits per heavy atom. The predicted molar refractivity (Wildman–Crippen MR) is 82.5 cm³/mol. The van der Waals surface area contributed by atoms with Crippen LogP contribution in [-0.4, -0.2) is 65.2 Å². The van der Waals surface area contributed by atoms with Crippen molar-refractivity contribution in [1.82, 2.24) is 15.1 Å². The van der Waals surface area contributed by atoms with E-state index in [4.69, 9.17) is 4.74 Å². The van der Waals surface area contributed by atoms with Gasteiger partial charge in [0.25, 0.3) is 5.91 Å². The number of imide groups is 1. The topological polar surface area (TPSA) is 61.9 Å². The number of hydrogen-bond donors (Lipinski definition) is 1. The summed E-state index contributed by atoms with van der Waals surface area (Å²) >= 11 is 0. The molecule has 3 rings (SSSR count). The first-order valence-electron chi connectivity index (χ1n) is 8.36. The molecule has 2 amide bonds. The van der Waals surface area contributed by atoms with Crippen molar-refractivity contribution in [3.63, 3.8) is 0 Å². The molecule has 3 heterocycles. The van der Waals surface area contributed by atoms with Crippen LogP contribution >= 0.6 is 0 Å². The maximum absolute atomic E-state index is 12.9. The Bertz CT molecular complexity index is 468. The summed E-state index contributed by atoms with van der Waals surface area (Å²) in [5.74, 6) is -0.149. The van der Waals surface area contributed by atoms with Gasteiger partial charge in [-0.2, -0.15) is 0 Å². The lowest BCUT2D eigenvalue weighted by Crippen LogP contribution is -2.58. The number of piperidine rings is 2. The van der Waals surface area contributed by atoms with Gasteiger partial charge in [0, 0.05) is 18.1 Å². The molecule has 0 aliphatic carbocycles. The summed E-state index contributed by atoms with van der Waals surface area (Å²) < 4.78 is 5.64. The third-order valence-corrected chi connectivity index (χ3v) is 5.04. The van der Waals surface area contributed by atoms with Crippen LogP contribution in [0.4, 0.5) is 4.79 Å². The second-order valence-corrected chi connectivity index (χ2v) is 7.73. The molecule has 6 heteroatoms.